The first-order chi connectivity index (χ1) is 14.7. The molecule has 1 heterocycles. The maximum Gasteiger partial charge on any atom is 0.0716 e. The van der Waals surface area contributed by atoms with Crippen LogP contribution >= 0.6 is 11.8 Å². The first-order valence-corrected chi connectivity index (χ1v) is 11.0. The molecule has 0 fully saturated rings. The number of nitrogens with zero attached hydrogens (tertiary/aromatic N) is 2. The Hall–Kier alpha value is -3.21. The van der Waals surface area contributed by atoms with Crippen LogP contribution in [0, 0.1) is 0 Å². The monoisotopic (exact) mass is 409 g/mol. The lowest BCUT2D eigenvalue weighted by atomic mass is 10.1. The zero-order valence-corrected chi connectivity index (χ0v) is 17.6. The van der Waals surface area contributed by atoms with E-state index in [4.69, 9.17) is 5.84 Å². The first-order valence-electron chi connectivity index (χ1n) is 10.1. The predicted octanol–water partition coefficient (Wildman–Crippen LogP) is 7.20. The smallest absolute Gasteiger partial charge is 0.0716 e. The Kier molecular flexibility index (Phi) is 4.95. The average molecular weight is 410 g/mol. The maximum absolute atomic E-state index is 6.44. The highest BCUT2D eigenvalue weighted by molar-refractivity contribution is 7.99. The van der Waals surface area contributed by atoms with Crippen LogP contribution in [0.3, 0.4) is 0 Å². The van der Waals surface area contributed by atoms with Gasteiger partial charge in [0.05, 0.1) is 11.4 Å². The second kappa shape index (κ2) is 7.90. The summed E-state index contributed by atoms with van der Waals surface area (Å²) in [6.45, 7) is 2.18. The summed E-state index contributed by atoms with van der Waals surface area (Å²) in [6, 6.07) is 34.0. The Labute approximate surface area is 181 Å². The normalized spacial score (nSPS) is 12.3. The SMILES string of the molecule is CCc1ccc(N(c2ccccc2)c2ccc3c(c2)Sc2ccccc2N3N)cc1. The van der Waals surface area contributed by atoms with Gasteiger partial charge >= 0.3 is 0 Å². The summed E-state index contributed by atoms with van der Waals surface area (Å²) in [7, 11) is 0. The van der Waals surface area contributed by atoms with Gasteiger partial charge in [-0.3, -0.25) is 5.01 Å². The van der Waals surface area contributed by atoms with Gasteiger partial charge in [-0.05, 0) is 66.6 Å². The lowest BCUT2D eigenvalue weighted by Gasteiger charge is -2.31. The fourth-order valence-corrected chi connectivity index (χ4v) is 4.92. The summed E-state index contributed by atoms with van der Waals surface area (Å²) in [5.74, 6) is 6.44. The van der Waals surface area contributed by atoms with E-state index in [-0.39, 0.29) is 0 Å². The van der Waals surface area contributed by atoms with E-state index < -0.39 is 0 Å². The molecule has 0 aliphatic carbocycles. The highest BCUT2D eigenvalue weighted by atomic mass is 32.2. The maximum atomic E-state index is 6.44. The number of para-hydroxylation sites is 2. The van der Waals surface area contributed by atoms with E-state index in [2.05, 4.69) is 96.8 Å². The van der Waals surface area contributed by atoms with Crippen molar-refractivity contribution in [2.45, 2.75) is 23.1 Å². The zero-order valence-electron chi connectivity index (χ0n) is 16.8. The largest absolute Gasteiger partial charge is 0.310 e. The highest BCUT2D eigenvalue weighted by Crippen LogP contribution is 2.48. The summed E-state index contributed by atoms with van der Waals surface area (Å²) in [5.41, 5.74) is 6.79. The topological polar surface area (TPSA) is 32.5 Å². The number of benzene rings is 4. The van der Waals surface area contributed by atoms with E-state index >= 15 is 0 Å². The third-order valence-corrected chi connectivity index (χ3v) is 6.54. The summed E-state index contributed by atoms with van der Waals surface area (Å²) >= 11 is 1.77. The minimum Gasteiger partial charge on any atom is -0.310 e. The number of aryl methyl sites for hydroxylation is 1. The van der Waals surface area contributed by atoms with Crippen LogP contribution < -0.4 is 15.8 Å². The Morgan fingerprint density at radius 2 is 1.33 bits per heavy atom. The first kappa shape index (κ1) is 18.8. The Morgan fingerprint density at radius 3 is 2.10 bits per heavy atom. The van der Waals surface area contributed by atoms with Gasteiger partial charge in [0.1, 0.15) is 0 Å². The molecule has 0 unspecified atom stereocenters. The van der Waals surface area contributed by atoms with Crippen molar-refractivity contribution in [2.24, 2.45) is 5.84 Å². The molecule has 4 aromatic carbocycles. The number of anilines is 5. The number of hydrazine groups is 1. The van der Waals surface area contributed by atoms with Crippen molar-refractivity contribution >= 4 is 40.2 Å². The molecular formula is C26H23N3S. The van der Waals surface area contributed by atoms with Gasteiger partial charge in [0.2, 0.25) is 0 Å². The predicted molar refractivity (Wildman–Crippen MR) is 127 cm³/mol. The minimum absolute atomic E-state index is 1.02. The molecule has 1 aliphatic heterocycles. The van der Waals surface area contributed by atoms with Gasteiger partial charge in [-0.1, -0.05) is 61.2 Å². The van der Waals surface area contributed by atoms with Crippen LogP contribution in [-0.2, 0) is 6.42 Å². The van der Waals surface area contributed by atoms with E-state index in [0.29, 0.717) is 0 Å². The minimum atomic E-state index is 1.02. The van der Waals surface area contributed by atoms with Crippen molar-refractivity contribution < 1.29 is 0 Å². The third kappa shape index (κ3) is 3.34. The average Bonchev–Trinajstić information content (AvgIpc) is 2.80. The van der Waals surface area contributed by atoms with Crippen LogP contribution in [0.15, 0.2) is 107 Å². The Bertz CT molecular complexity index is 1170. The van der Waals surface area contributed by atoms with Crippen molar-refractivity contribution in [3.8, 4) is 0 Å². The van der Waals surface area contributed by atoms with E-state index in [1.54, 1.807) is 16.8 Å². The molecule has 0 radical (unpaired) electrons. The molecule has 0 atom stereocenters. The fourth-order valence-electron chi connectivity index (χ4n) is 3.82. The number of fused-ring (bicyclic) bond motifs is 2. The molecule has 1 aliphatic rings. The summed E-state index contributed by atoms with van der Waals surface area (Å²) in [5, 5.41) is 1.79. The van der Waals surface area contributed by atoms with E-state index in [1.807, 2.05) is 12.1 Å². The van der Waals surface area contributed by atoms with Crippen LogP contribution in [0.25, 0.3) is 0 Å². The lowest BCUT2D eigenvalue weighted by Crippen LogP contribution is -2.27. The molecule has 0 spiro atoms. The molecule has 3 nitrogen and oxygen atoms in total. The summed E-state index contributed by atoms with van der Waals surface area (Å²) < 4.78 is 0. The molecule has 0 saturated carbocycles. The van der Waals surface area contributed by atoms with E-state index in [9.17, 15) is 0 Å². The van der Waals surface area contributed by atoms with Gasteiger partial charge in [0.15, 0.2) is 0 Å². The molecular weight excluding hydrogens is 386 g/mol. The second-order valence-electron chi connectivity index (χ2n) is 7.28. The summed E-state index contributed by atoms with van der Waals surface area (Å²) in [4.78, 5) is 4.62. The molecule has 4 aromatic rings. The second-order valence-corrected chi connectivity index (χ2v) is 8.37. The van der Waals surface area contributed by atoms with Crippen molar-refractivity contribution in [2.75, 3.05) is 9.91 Å². The molecule has 5 rings (SSSR count). The Balaban J connectivity index is 1.60. The van der Waals surface area contributed by atoms with Crippen molar-refractivity contribution in [1.29, 1.82) is 0 Å². The molecule has 148 valence electrons. The number of hydrogen-bond donors (Lipinski definition) is 1. The van der Waals surface area contributed by atoms with Gasteiger partial charge in [-0.15, -0.1) is 0 Å². The number of rotatable bonds is 4. The molecule has 0 aromatic heterocycles. The van der Waals surface area contributed by atoms with Crippen LogP contribution in [0.5, 0.6) is 0 Å². The van der Waals surface area contributed by atoms with E-state index in [0.717, 1.165) is 39.8 Å². The van der Waals surface area contributed by atoms with Crippen LogP contribution in [0.4, 0.5) is 28.4 Å². The molecule has 2 N–H and O–H groups in total. The van der Waals surface area contributed by atoms with Crippen LogP contribution in [0.2, 0.25) is 0 Å². The van der Waals surface area contributed by atoms with Gasteiger partial charge in [-0.25, -0.2) is 5.84 Å². The van der Waals surface area contributed by atoms with Crippen molar-refractivity contribution in [3.63, 3.8) is 0 Å². The fraction of sp³-hybridized carbons (Fsp3) is 0.0769. The van der Waals surface area contributed by atoms with Crippen LogP contribution in [-0.4, -0.2) is 0 Å². The van der Waals surface area contributed by atoms with Gasteiger partial charge < -0.3 is 4.90 Å². The highest BCUT2D eigenvalue weighted by Gasteiger charge is 2.23. The molecule has 0 amide bonds. The van der Waals surface area contributed by atoms with Gasteiger partial charge in [0.25, 0.3) is 0 Å². The van der Waals surface area contributed by atoms with Gasteiger partial charge in [0, 0.05) is 26.9 Å². The Morgan fingerprint density at radius 1 is 0.700 bits per heavy atom. The molecule has 0 bridgehead atoms. The van der Waals surface area contributed by atoms with Gasteiger partial charge in [-0.2, -0.15) is 0 Å². The molecule has 4 heteroatoms. The summed E-state index contributed by atoms with van der Waals surface area (Å²) in [6.07, 6.45) is 1.03. The zero-order chi connectivity index (χ0) is 20.5. The van der Waals surface area contributed by atoms with Crippen LogP contribution in [0.1, 0.15) is 12.5 Å². The van der Waals surface area contributed by atoms with E-state index in [1.165, 1.54) is 10.5 Å². The van der Waals surface area contributed by atoms with Crippen molar-refractivity contribution in [3.05, 3.63) is 103 Å². The third-order valence-electron chi connectivity index (χ3n) is 5.42. The number of hydrogen-bond acceptors (Lipinski definition) is 4. The van der Waals surface area contributed by atoms with Crippen molar-refractivity contribution in [1.82, 2.24) is 0 Å². The quantitative estimate of drug-likeness (QED) is 0.361. The number of nitrogens with two attached hydrogens (primary N) is 1. The molecule has 30 heavy (non-hydrogen) atoms. The lowest BCUT2D eigenvalue weighted by molar-refractivity contribution is 1.02. The molecule has 0 saturated heterocycles. The standard InChI is InChI=1S/C26H23N3S/c1-2-19-12-14-21(15-13-19)28(20-8-4-3-5-9-20)22-16-17-24-26(18-22)30-25-11-7-6-10-23(25)29(24)27/h3-18H,2,27H2,1H3.